The van der Waals surface area contributed by atoms with E-state index in [9.17, 15) is 4.79 Å². The molecule has 1 aromatic rings. The molecule has 0 radical (unpaired) electrons. The summed E-state index contributed by atoms with van der Waals surface area (Å²) in [6.07, 6.45) is 3.29. The van der Waals surface area contributed by atoms with E-state index in [0.29, 0.717) is 11.6 Å². The number of ether oxygens (including phenoxy) is 1. The van der Waals surface area contributed by atoms with E-state index in [-0.39, 0.29) is 5.97 Å². The fourth-order valence-corrected chi connectivity index (χ4v) is 2.91. The Bertz CT molecular complexity index is 392. The number of esters is 1. The molecule has 1 rings (SSSR count). The number of nitrogens with zero attached hydrogens (tertiary/aromatic N) is 1. The van der Waals surface area contributed by atoms with Crippen molar-refractivity contribution in [1.82, 2.24) is 4.90 Å². The number of hydrogen-bond acceptors (Lipinski definition) is 4. The zero-order chi connectivity index (χ0) is 14.3. The maximum atomic E-state index is 11.4. The van der Waals surface area contributed by atoms with Crippen molar-refractivity contribution in [1.29, 1.82) is 0 Å². The highest BCUT2D eigenvalue weighted by Gasteiger charge is 2.12. The molecule has 0 saturated heterocycles. The summed E-state index contributed by atoms with van der Waals surface area (Å²) in [6.45, 7) is 3.12. The highest BCUT2D eigenvalue weighted by atomic mass is 32.2. The fourth-order valence-electron chi connectivity index (χ4n) is 2.03. The number of carbonyl (C=O) groups excluding carboxylic acids is 1. The van der Waals surface area contributed by atoms with Gasteiger partial charge in [-0.2, -0.15) is 11.8 Å². The predicted octanol–water partition coefficient (Wildman–Crippen LogP) is 3.05. The van der Waals surface area contributed by atoms with Crippen LogP contribution in [0, 0.1) is 0 Å². The Morgan fingerprint density at radius 3 is 2.47 bits per heavy atom. The van der Waals surface area contributed by atoms with E-state index in [1.165, 1.54) is 12.7 Å². The first-order valence-electron chi connectivity index (χ1n) is 6.48. The summed E-state index contributed by atoms with van der Waals surface area (Å²) in [5, 5.41) is 0. The van der Waals surface area contributed by atoms with E-state index in [2.05, 4.69) is 25.1 Å². The monoisotopic (exact) mass is 281 g/mol. The summed E-state index contributed by atoms with van der Waals surface area (Å²) in [7, 11) is 3.55. The summed E-state index contributed by atoms with van der Waals surface area (Å²) < 4.78 is 4.69. The van der Waals surface area contributed by atoms with Gasteiger partial charge in [-0.15, -0.1) is 0 Å². The van der Waals surface area contributed by atoms with Gasteiger partial charge in [0.05, 0.1) is 12.7 Å². The number of rotatable bonds is 7. The third-order valence-electron chi connectivity index (χ3n) is 3.26. The van der Waals surface area contributed by atoms with Gasteiger partial charge in [-0.05, 0) is 37.4 Å². The maximum absolute atomic E-state index is 11.4. The van der Waals surface area contributed by atoms with Crippen molar-refractivity contribution in [2.24, 2.45) is 0 Å². The third-order valence-corrected chi connectivity index (χ3v) is 3.98. The number of carbonyl (C=O) groups is 1. The highest BCUT2D eigenvalue weighted by molar-refractivity contribution is 7.98. The minimum atomic E-state index is -0.284. The average Bonchev–Trinajstić information content (AvgIpc) is 2.44. The molecule has 1 aromatic carbocycles. The molecule has 0 aliphatic carbocycles. The topological polar surface area (TPSA) is 29.5 Å². The lowest BCUT2D eigenvalue weighted by Gasteiger charge is -2.26. The van der Waals surface area contributed by atoms with Crippen LogP contribution in [0.3, 0.4) is 0 Å². The van der Waals surface area contributed by atoms with Crippen LogP contribution in [-0.2, 0) is 11.3 Å². The van der Waals surface area contributed by atoms with Crippen LogP contribution in [0.1, 0.15) is 29.3 Å². The molecular formula is C15H23NO2S. The van der Waals surface area contributed by atoms with E-state index in [0.717, 1.165) is 18.7 Å². The van der Waals surface area contributed by atoms with Crippen LogP contribution >= 0.6 is 11.8 Å². The van der Waals surface area contributed by atoms with Gasteiger partial charge in [-0.1, -0.05) is 19.1 Å². The van der Waals surface area contributed by atoms with Gasteiger partial charge in [0.1, 0.15) is 0 Å². The second kappa shape index (κ2) is 8.23. The molecule has 0 bridgehead atoms. The summed E-state index contributed by atoms with van der Waals surface area (Å²) >= 11 is 1.88. The van der Waals surface area contributed by atoms with Gasteiger partial charge in [0.15, 0.2) is 0 Å². The Balaban J connectivity index is 2.64. The first-order chi connectivity index (χ1) is 9.12. The maximum Gasteiger partial charge on any atom is 0.337 e. The molecule has 0 spiro atoms. The number of methoxy groups -OCH3 is 1. The third kappa shape index (κ3) is 4.88. The van der Waals surface area contributed by atoms with E-state index in [1.807, 2.05) is 36.0 Å². The standard InChI is InChI=1S/C15H23NO2S/c1-5-14(11-19-4)16(2)10-12-6-8-13(9-7-12)15(17)18-3/h6-9,14H,5,10-11H2,1-4H3. The van der Waals surface area contributed by atoms with Crippen molar-refractivity contribution in [3.63, 3.8) is 0 Å². The van der Waals surface area contributed by atoms with Crippen LogP contribution < -0.4 is 0 Å². The van der Waals surface area contributed by atoms with E-state index < -0.39 is 0 Å². The minimum absolute atomic E-state index is 0.284. The Morgan fingerprint density at radius 2 is 2.00 bits per heavy atom. The van der Waals surface area contributed by atoms with Crippen LogP contribution in [0.5, 0.6) is 0 Å². The van der Waals surface area contributed by atoms with Gasteiger partial charge >= 0.3 is 5.97 Å². The van der Waals surface area contributed by atoms with Gasteiger partial charge in [-0.25, -0.2) is 4.79 Å². The largest absolute Gasteiger partial charge is 0.465 e. The second-order valence-corrected chi connectivity index (χ2v) is 5.53. The minimum Gasteiger partial charge on any atom is -0.465 e. The molecule has 0 aliphatic heterocycles. The van der Waals surface area contributed by atoms with E-state index >= 15 is 0 Å². The smallest absolute Gasteiger partial charge is 0.337 e. The van der Waals surface area contributed by atoms with Gasteiger partial charge in [-0.3, -0.25) is 4.90 Å². The molecule has 0 aliphatic rings. The lowest BCUT2D eigenvalue weighted by Crippen LogP contribution is -2.32. The molecule has 1 unspecified atom stereocenters. The zero-order valence-electron chi connectivity index (χ0n) is 12.2. The highest BCUT2D eigenvalue weighted by Crippen LogP contribution is 2.13. The van der Waals surface area contributed by atoms with Crippen LogP contribution in [0.25, 0.3) is 0 Å². The van der Waals surface area contributed by atoms with E-state index in [4.69, 9.17) is 4.74 Å². The molecule has 0 N–H and O–H groups in total. The second-order valence-electron chi connectivity index (χ2n) is 4.62. The van der Waals surface area contributed by atoms with E-state index in [1.54, 1.807) is 0 Å². The molecule has 0 aromatic heterocycles. The average molecular weight is 281 g/mol. The molecule has 0 amide bonds. The van der Waals surface area contributed by atoms with Crippen molar-refractivity contribution in [2.45, 2.75) is 25.9 Å². The van der Waals surface area contributed by atoms with Crippen LogP contribution in [0.2, 0.25) is 0 Å². The molecular weight excluding hydrogens is 258 g/mol. The number of benzene rings is 1. The summed E-state index contributed by atoms with van der Waals surface area (Å²) in [6, 6.07) is 8.23. The van der Waals surface area contributed by atoms with Gasteiger partial charge < -0.3 is 4.74 Å². The van der Waals surface area contributed by atoms with Gasteiger partial charge in [0, 0.05) is 18.3 Å². The number of thioether (sulfide) groups is 1. The Hall–Kier alpha value is -1.00. The quantitative estimate of drug-likeness (QED) is 0.719. The fraction of sp³-hybridized carbons (Fsp3) is 0.533. The van der Waals surface area contributed by atoms with Crippen LogP contribution in [0.15, 0.2) is 24.3 Å². The number of hydrogen-bond donors (Lipinski definition) is 0. The van der Waals surface area contributed by atoms with Gasteiger partial charge in [0.2, 0.25) is 0 Å². The van der Waals surface area contributed by atoms with Gasteiger partial charge in [0.25, 0.3) is 0 Å². The molecule has 106 valence electrons. The Morgan fingerprint density at radius 1 is 1.37 bits per heavy atom. The SMILES string of the molecule is CCC(CSC)N(C)Cc1ccc(C(=O)OC)cc1. The summed E-state index contributed by atoms with van der Waals surface area (Å²) in [5.41, 5.74) is 1.82. The molecule has 0 saturated carbocycles. The first-order valence-corrected chi connectivity index (χ1v) is 7.88. The molecule has 4 heteroatoms. The lowest BCUT2D eigenvalue weighted by atomic mass is 10.1. The summed E-state index contributed by atoms with van der Waals surface area (Å²) in [5.74, 6) is 0.862. The molecule has 0 fully saturated rings. The normalized spacial score (nSPS) is 12.5. The molecule has 3 nitrogen and oxygen atoms in total. The van der Waals surface area contributed by atoms with Crippen molar-refractivity contribution in [3.8, 4) is 0 Å². The zero-order valence-corrected chi connectivity index (χ0v) is 13.0. The first kappa shape index (κ1) is 16.1. The molecule has 0 heterocycles. The van der Waals surface area contributed by atoms with Crippen molar-refractivity contribution in [2.75, 3.05) is 26.2 Å². The lowest BCUT2D eigenvalue weighted by molar-refractivity contribution is 0.0600. The van der Waals surface area contributed by atoms with Crippen LogP contribution in [-0.4, -0.2) is 43.1 Å². The Kier molecular flexibility index (Phi) is 6.95. The molecule has 19 heavy (non-hydrogen) atoms. The van der Waals surface area contributed by atoms with Crippen molar-refractivity contribution < 1.29 is 9.53 Å². The Labute approximate surface area is 120 Å². The molecule has 1 atom stereocenters. The van der Waals surface area contributed by atoms with Crippen molar-refractivity contribution >= 4 is 17.7 Å². The van der Waals surface area contributed by atoms with Crippen LogP contribution in [0.4, 0.5) is 0 Å². The predicted molar refractivity (Wildman–Crippen MR) is 81.7 cm³/mol. The summed E-state index contributed by atoms with van der Waals surface area (Å²) in [4.78, 5) is 13.7. The van der Waals surface area contributed by atoms with Crippen molar-refractivity contribution in [3.05, 3.63) is 35.4 Å².